The van der Waals surface area contributed by atoms with Crippen molar-refractivity contribution in [2.24, 2.45) is 7.05 Å². The van der Waals surface area contributed by atoms with Crippen molar-refractivity contribution in [3.05, 3.63) is 92.9 Å². The summed E-state index contributed by atoms with van der Waals surface area (Å²) >= 11 is 0. The van der Waals surface area contributed by atoms with Crippen LogP contribution in [0.1, 0.15) is 11.3 Å². The molecular weight excluding hydrogens is 382 g/mol. The fraction of sp³-hybridized carbons (Fsp3) is 0.136. The molecule has 8 heteroatoms. The van der Waals surface area contributed by atoms with Gasteiger partial charge in [0.1, 0.15) is 5.75 Å². The highest BCUT2D eigenvalue weighted by Gasteiger charge is 2.21. The van der Waals surface area contributed by atoms with Gasteiger partial charge in [-0.15, -0.1) is 0 Å². The van der Waals surface area contributed by atoms with Crippen molar-refractivity contribution < 1.29 is 5.11 Å². The number of hydrogen-bond acceptors (Lipinski definition) is 4. The standard InChI is InChI=1S/C22H19N5O3/c1-14-12-25-18-19(23-21(25)27(14)16-10-6-7-11-17(16)28)24(2)22(30)26(20(18)29)13-15-8-4-3-5-9-15/h3-12,28H,13H2,1-2H3. The molecule has 1 N–H and O–H groups in total. The zero-order valence-electron chi connectivity index (χ0n) is 16.5. The number of phenolic OH excluding ortho intramolecular Hbond substituents is 1. The summed E-state index contributed by atoms with van der Waals surface area (Å²) in [6, 6.07) is 16.3. The molecule has 0 aliphatic rings. The minimum Gasteiger partial charge on any atom is -0.506 e. The Bertz CT molecular complexity index is 1540. The Morgan fingerprint density at radius 2 is 1.70 bits per heavy atom. The first-order valence-electron chi connectivity index (χ1n) is 9.49. The monoisotopic (exact) mass is 401 g/mol. The summed E-state index contributed by atoms with van der Waals surface area (Å²) in [5.41, 5.74) is 1.99. The average Bonchev–Trinajstić information content (AvgIpc) is 3.26. The number of imidazole rings is 2. The molecule has 0 atom stereocenters. The van der Waals surface area contributed by atoms with Crippen LogP contribution in [0.3, 0.4) is 0 Å². The summed E-state index contributed by atoms with van der Waals surface area (Å²) in [4.78, 5) is 30.8. The lowest BCUT2D eigenvalue weighted by Crippen LogP contribution is -2.39. The fourth-order valence-corrected chi connectivity index (χ4v) is 3.87. The van der Waals surface area contributed by atoms with E-state index in [2.05, 4.69) is 4.98 Å². The van der Waals surface area contributed by atoms with E-state index >= 15 is 0 Å². The lowest BCUT2D eigenvalue weighted by molar-refractivity contribution is 0.472. The maximum Gasteiger partial charge on any atom is 0.332 e. The highest BCUT2D eigenvalue weighted by Crippen LogP contribution is 2.26. The first-order valence-corrected chi connectivity index (χ1v) is 9.49. The van der Waals surface area contributed by atoms with Gasteiger partial charge in [0.05, 0.1) is 12.2 Å². The second-order valence-electron chi connectivity index (χ2n) is 7.27. The molecule has 0 aliphatic heterocycles. The summed E-state index contributed by atoms with van der Waals surface area (Å²) < 4.78 is 6.05. The molecule has 0 bridgehead atoms. The van der Waals surface area contributed by atoms with Crippen LogP contribution in [-0.2, 0) is 13.6 Å². The molecule has 2 aromatic carbocycles. The third kappa shape index (κ3) is 2.50. The number of nitrogens with zero attached hydrogens (tertiary/aromatic N) is 5. The summed E-state index contributed by atoms with van der Waals surface area (Å²) in [6.07, 6.45) is 1.79. The van der Waals surface area contributed by atoms with Gasteiger partial charge in [0.2, 0.25) is 5.78 Å². The quantitative estimate of drug-likeness (QED) is 0.502. The highest BCUT2D eigenvalue weighted by molar-refractivity contribution is 5.76. The van der Waals surface area contributed by atoms with E-state index in [9.17, 15) is 14.7 Å². The van der Waals surface area contributed by atoms with Gasteiger partial charge >= 0.3 is 5.69 Å². The topological polar surface area (TPSA) is 86.5 Å². The molecule has 5 aromatic rings. The molecule has 0 saturated heterocycles. The van der Waals surface area contributed by atoms with Gasteiger partial charge < -0.3 is 5.11 Å². The molecule has 150 valence electrons. The SMILES string of the molecule is Cc1cn2c3c(=O)n(Cc4ccccc4)c(=O)n(C)c3nc2n1-c1ccccc1O. The summed E-state index contributed by atoms with van der Waals surface area (Å²) in [7, 11) is 1.61. The normalized spacial score (nSPS) is 11.5. The zero-order chi connectivity index (χ0) is 21.0. The number of benzene rings is 2. The van der Waals surface area contributed by atoms with Crippen molar-refractivity contribution in [1.82, 2.24) is 23.1 Å². The molecule has 0 spiro atoms. The third-order valence-electron chi connectivity index (χ3n) is 5.33. The maximum absolute atomic E-state index is 13.3. The lowest BCUT2D eigenvalue weighted by atomic mass is 10.2. The largest absolute Gasteiger partial charge is 0.506 e. The summed E-state index contributed by atoms with van der Waals surface area (Å²) in [5.74, 6) is 0.551. The molecule has 0 unspecified atom stereocenters. The molecule has 0 saturated carbocycles. The minimum absolute atomic E-state index is 0.0983. The smallest absolute Gasteiger partial charge is 0.332 e. The number of aromatic hydroxyl groups is 1. The van der Waals surface area contributed by atoms with Gasteiger partial charge in [0.15, 0.2) is 11.2 Å². The van der Waals surface area contributed by atoms with Gasteiger partial charge in [-0.05, 0) is 24.6 Å². The van der Waals surface area contributed by atoms with E-state index in [1.165, 1.54) is 9.13 Å². The van der Waals surface area contributed by atoms with E-state index in [4.69, 9.17) is 0 Å². The molecule has 0 radical (unpaired) electrons. The number of aromatic nitrogens is 5. The number of fused-ring (bicyclic) bond motifs is 3. The Hall–Kier alpha value is -4.07. The fourth-order valence-electron chi connectivity index (χ4n) is 3.87. The van der Waals surface area contributed by atoms with Gasteiger partial charge in [0, 0.05) is 18.9 Å². The molecule has 5 rings (SSSR count). The number of rotatable bonds is 3. The summed E-state index contributed by atoms with van der Waals surface area (Å²) in [5, 5.41) is 10.3. The van der Waals surface area contributed by atoms with Gasteiger partial charge in [-0.2, -0.15) is 4.98 Å². The molecule has 0 fully saturated rings. The second-order valence-corrected chi connectivity index (χ2v) is 7.27. The number of aryl methyl sites for hydroxylation is 2. The molecule has 8 nitrogen and oxygen atoms in total. The predicted molar refractivity (Wildman–Crippen MR) is 113 cm³/mol. The molecular formula is C22H19N5O3. The van der Waals surface area contributed by atoms with Crippen molar-refractivity contribution in [1.29, 1.82) is 0 Å². The van der Waals surface area contributed by atoms with Crippen molar-refractivity contribution in [3.63, 3.8) is 0 Å². The van der Waals surface area contributed by atoms with Crippen LogP contribution in [0.5, 0.6) is 5.75 Å². The Morgan fingerprint density at radius 3 is 2.43 bits per heavy atom. The van der Waals surface area contributed by atoms with Gasteiger partial charge in [-0.25, -0.2) is 4.79 Å². The van der Waals surface area contributed by atoms with Crippen molar-refractivity contribution in [2.75, 3.05) is 0 Å². The molecule has 0 amide bonds. The highest BCUT2D eigenvalue weighted by atomic mass is 16.3. The van der Waals surface area contributed by atoms with E-state index in [1.54, 1.807) is 40.4 Å². The Balaban J connectivity index is 1.83. The molecule has 30 heavy (non-hydrogen) atoms. The van der Waals surface area contributed by atoms with Crippen LogP contribution < -0.4 is 11.2 Å². The predicted octanol–water partition coefficient (Wildman–Crippen LogP) is 2.20. The van der Waals surface area contributed by atoms with Crippen LogP contribution in [0.25, 0.3) is 22.6 Å². The van der Waals surface area contributed by atoms with Crippen molar-refractivity contribution >= 4 is 16.9 Å². The molecule has 0 aliphatic carbocycles. The first-order chi connectivity index (χ1) is 14.5. The summed E-state index contributed by atoms with van der Waals surface area (Å²) in [6.45, 7) is 2.05. The first kappa shape index (κ1) is 18.0. The van der Waals surface area contributed by atoms with Gasteiger partial charge in [0.25, 0.3) is 5.56 Å². The minimum atomic E-state index is -0.428. The second kappa shape index (κ2) is 6.48. The van der Waals surface area contributed by atoms with E-state index < -0.39 is 11.2 Å². The molecule has 3 aromatic heterocycles. The van der Waals surface area contributed by atoms with Crippen LogP contribution in [0.15, 0.2) is 70.4 Å². The maximum atomic E-state index is 13.3. The Labute approximate surface area is 170 Å². The van der Waals surface area contributed by atoms with E-state index in [-0.39, 0.29) is 12.3 Å². The van der Waals surface area contributed by atoms with E-state index in [0.29, 0.717) is 22.6 Å². The van der Waals surface area contributed by atoms with Gasteiger partial charge in [-0.3, -0.25) is 22.9 Å². The Kier molecular flexibility index (Phi) is 3.89. The third-order valence-corrected chi connectivity index (χ3v) is 5.33. The van der Waals surface area contributed by atoms with Gasteiger partial charge in [-0.1, -0.05) is 42.5 Å². The molecule has 3 heterocycles. The van der Waals surface area contributed by atoms with E-state index in [1.807, 2.05) is 43.3 Å². The van der Waals surface area contributed by atoms with Crippen molar-refractivity contribution in [3.8, 4) is 11.4 Å². The Morgan fingerprint density at radius 1 is 1.00 bits per heavy atom. The lowest BCUT2D eigenvalue weighted by Gasteiger charge is -2.08. The van der Waals surface area contributed by atoms with Crippen LogP contribution in [0.4, 0.5) is 0 Å². The average molecular weight is 401 g/mol. The number of para-hydroxylation sites is 2. The van der Waals surface area contributed by atoms with Crippen LogP contribution in [-0.4, -0.2) is 28.2 Å². The number of hydrogen-bond donors (Lipinski definition) is 1. The van der Waals surface area contributed by atoms with Crippen molar-refractivity contribution in [2.45, 2.75) is 13.5 Å². The van der Waals surface area contributed by atoms with Crippen LogP contribution in [0.2, 0.25) is 0 Å². The van der Waals surface area contributed by atoms with Crippen LogP contribution in [0, 0.1) is 6.92 Å². The number of phenols is 1. The van der Waals surface area contributed by atoms with E-state index in [0.717, 1.165) is 11.3 Å². The zero-order valence-corrected chi connectivity index (χ0v) is 16.5. The van der Waals surface area contributed by atoms with Crippen LogP contribution >= 0.6 is 0 Å².